The Hall–Kier alpha value is -3.62. The van der Waals surface area contributed by atoms with E-state index in [0.29, 0.717) is 0 Å². The van der Waals surface area contributed by atoms with Gasteiger partial charge in [-0.05, 0) is 54.0 Å². The number of hydrogen-bond acceptors (Lipinski definition) is 1. The Morgan fingerprint density at radius 2 is 1.52 bits per heavy atom. The first-order chi connectivity index (χ1) is 15.4. The smallest absolute Gasteiger partial charge is 0.0548 e. The molecule has 0 radical (unpaired) electrons. The van der Waals surface area contributed by atoms with Gasteiger partial charge in [-0.15, -0.1) is 11.3 Å². The maximum atomic E-state index is 2.43. The summed E-state index contributed by atoms with van der Waals surface area (Å²) in [7, 11) is 0. The number of rotatable bonds is 2. The van der Waals surface area contributed by atoms with Gasteiger partial charge >= 0.3 is 0 Å². The first kappa shape index (κ1) is 17.1. The Morgan fingerprint density at radius 3 is 2.42 bits per heavy atom. The van der Waals surface area contributed by atoms with Crippen LogP contribution in [-0.2, 0) is 0 Å². The minimum absolute atomic E-state index is 1.03. The molecule has 2 heteroatoms. The van der Waals surface area contributed by atoms with Crippen LogP contribution in [0, 0.1) is 0 Å². The molecule has 1 nitrogen and oxygen atoms in total. The highest BCUT2D eigenvalue weighted by Gasteiger charge is 2.15. The molecule has 0 N–H and O–H groups in total. The van der Waals surface area contributed by atoms with E-state index in [0.717, 1.165) is 6.42 Å². The van der Waals surface area contributed by atoms with Gasteiger partial charge in [0.15, 0.2) is 0 Å². The predicted octanol–water partition coefficient (Wildman–Crippen LogP) is 8.49. The van der Waals surface area contributed by atoms with Crippen LogP contribution in [0.4, 0.5) is 0 Å². The van der Waals surface area contributed by atoms with E-state index in [2.05, 4.69) is 108 Å². The summed E-state index contributed by atoms with van der Waals surface area (Å²) in [6.07, 6.45) is 7.77. The van der Waals surface area contributed by atoms with Gasteiger partial charge in [-0.25, -0.2) is 0 Å². The molecule has 0 saturated carbocycles. The number of thiophene rings is 1. The molecule has 2 heterocycles. The van der Waals surface area contributed by atoms with Crippen LogP contribution in [0.15, 0.2) is 103 Å². The van der Waals surface area contributed by atoms with Crippen molar-refractivity contribution in [3.05, 3.63) is 109 Å². The zero-order valence-electron chi connectivity index (χ0n) is 16.9. The second kappa shape index (κ2) is 6.44. The lowest BCUT2D eigenvalue weighted by Gasteiger charge is -2.10. The molecule has 0 spiro atoms. The minimum Gasteiger partial charge on any atom is -0.309 e. The maximum absolute atomic E-state index is 2.43. The van der Waals surface area contributed by atoms with E-state index in [9.17, 15) is 0 Å². The lowest BCUT2D eigenvalue weighted by atomic mass is 10.1. The number of allylic oxidation sites excluding steroid dienone is 4. The van der Waals surface area contributed by atoms with Gasteiger partial charge in [0.2, 0.25) is 0 Å². The van der Waals surface area contributed by atoms with Crippen LogP contribution < -0.4 is 0 Å². The third kappa shape index (κ3) is 2.49. The van der Waals surface area contributed by atoms with Crippen molar-refractivity contribution in [3.63, 3.8) is 0 Å². The normalized spacial score (nSPS) is 13.7. The molecule has 7 rings (SSSR count). The molecule has 2 aromatic heterocycles. The molecule has 0 unspecified atom stereocenters. The van der Waals surface area contributed by atoms with E-state index < -0.39 is 0 Å². The third-order valence-corrected chi connectivity index (χ3v) is 7.51. The van der Waals surface area contributed by atoms with Gasteiger partial charge in [0.05, 0.1) is 11.0 Å². The molecular formula is C29H19NS. The van der Waals surface area contributed by atoms with Crippen LogP contribution in [0.5, 0.6) is 0 Å². The van der Waals surface area contributed by atoms with Gasteiger partial charge in [0.1, 0.15) is 0 Å². The Balaban J connectivity index is 1.60. The average molecular weight is 414 g/mol. The monoisotopic (exact) mass is 413 g/mol. The van der Waals surface area contributed by atoms with E-state index in [1.165, 1.54) is 58.8 Å². The standard InChI is InChI=1S/C29H19NS/c1-2-9-19(8-1)20-10-7-11-21(16-20)30-26-14-5-3-12-22(26)24-18-29-25(17-27(24)30)23-13-4-6-15-28(23)31-29/h1,3-18H,2H2. The molecular weight excluding hydrogens is 394 g/mol. The van der Waals surface area contributed by atoms with Crippen molar-refractivity contribution >= 4 is 58.9 Å². The van der Waals surface area contributed by atoms with Crippen molar-refractivity contribution in [3.8, 4) is 5.69 Å². The molecule has 6 aromatic rings. The lowest BCUT2D eigenvalue weighted by molar-refractivity contribution is 1.18. The van der Waals surface area contributed by atoms with Crippen LogP contribution in [0.2, 0.25) is 0 Å². The van der Waals surface area contributed by atoms with Gasteiger partial charge in [0, 0.05) is 36.6 Å². The molecule has 0 bridgehead atoms. The molecule has 0 aliphatic heterocycles. The first-order valence-corrected chi connectivity index (χ1v) is 11.5. The van der Waals surface area contributed by atoms with E-state index >= 15 is 0 Å². The summed E-state index contributed by atoms with van der Waals surface area (Å²) < 4.78 is 5.13. The van der Waals surface area contributed by atoms with Gasteiger partial charge in [-0.1, -0.05) is 66.8 Å². The highest BCUT2D eigenvalue weighted by atomic mass is 32.1. The number of fused-ring (bicyclic) bond motifs is 6. The van der Waals surface area contributed by atoms with Crippen molar-refractivity contribution in [2.24, 2.45) is 0 Å². The molecule has 0 atom stereocenters. The number of hydrogen-bond donors (Lipinski definition) is 0. The number of aromatic nitrogens is 1. The summed E-state index contributed by atoms with van der Waals surface area (Å²) in [5, 5.41) is 5.31. The molecule has 4 aromatic carbocycles. The van der Waals surface area contributed by atoms with Crippen LogP contribution in [0.25, 0.3) is 53.2 Å². The zero-order chi connectivity index (χ0) is 20.4. The maximum Gasteiger partial charge on any atom is 0.0548 e. The second-order valence-corrected chi connectivity index (χ2v) is 9.25. The SMILES string of the molecule is C1=CC(c2cccc(-n3c4ccccc4c4cc5sc6ccccc6c5cc43)c2)=CC1. The molecule has 31 heavy (non-hydrogen) atoms. The molecule has 1 aliphatic rings. The van der Waals surface area contributed by atoms with Crippen molar-refractivity contribution in [2.75, 3.05) is 0 Å². The Bertz CT molecular complexity index is 1710. The van der Waals surface area contributed by atoms with Crippen LogP contribution in [0.1, 0.15) is 12.0 Å². The minimum atomic E-state index is 1.03. The summed E-state index contributed by atoms with van der Waals surface area (Å²) in [6.45, 7) is 0. The zero-order valence-corrected chi connectivity index (χ0v) is 17.7. The molecule has 0 amide bonds. The Morgan fingerprint density at radius 1 is 0.645 bits per heavy atom. The third-order valence-electron chi connectivity index (χ3n) is 6.38. The van der Waals surface area contributed by atoms with Gasteiger partial charge in [-0.2, -0.15) is 0 Å². The summed E-state index contributed by atoms with van der Waals surface area (Å²) >= 11 is 1.89. The Labute approximate surface area is 184 Å². The van der Waals surface area contributed by atoms with E-state index in [-0.39, 0.29) is 0 Å². The average Bonchev–Trinajstić information content (AvgIpc) is 3.54. The second-order valence-electron chi connectivity index (χ2n) is 8.16. The highest BCUT2D eigenvalue weighted by molar-refractivity contribution is 7.25. The molecule has 146 valence electrons. The van der Waals surface area contributed by atoms with E-state index in [1.807, 2.05) is 11.3 Å². The quantitative estimate of drug-likeness (QED) is 0.268. The van der Waals surface area contributed by atoms with Crippen LogP contribution in [-0.4, -0.2) is 4.57 Å². The fourth-order valence-electron chi connectivity index (χ4n) is 4.96. The summed E-state index contributed by atoms with van der Waals surface area (Å²) in [4.78, 5) is 0. The topological polar surface area (TPSA) is 4.93 Å². The van der Waals surface area contributed by atoms with E-state index in [1.54, 1.807) is 0 Å². The van der Waals surface area contributed by atoms with Gasteiger partial charge in [0.25, 0.3) is 0 Å². The summed E-state index contributed by atoms with van der Waals surface area (Å²) in [5.41, 5.74) is 6.33. The van der Waals surface area contributed by atoms with Crippen LogP contribution in [0.3, 0.4) is 0 Å². The highest BCUT2D eigenvalue weighted by Crippen LogP contribution is 2.40. The van der Waals surface area contributed by atoms with Gasteiger partial charge < -0.3 is 4.57 Å². The van der Waals surface area contributed by atoms with Crippen molar-refractivity contribution in [1.82, 2.24) is 4.57 Å². The van der Waals surface area contributed by atoms with Crippen molar-refractivity contribution < 1.29 is 0 Å². The van der Waals surface area contributed by atoms with Gasteiger partial charge in [-0.3, -0.25) is 0 Å². The summed E-state index contributed by atoms with van der Waals surface area (Å²) in [5.74, 6) is 0. The number of benzene rings is 4. The first-order valence-electron chi connectivity index (χ1n) is 10.7. The molecule has 1 aliphatic carbocycles. The molecule has 0 saturated heterocycles. The largest absolute Gasteiger partial charge is 0.309 e. The van der Waals surface area contributed by atoms with Crippen molar-refractivity contribution in [2.45, 2.75) is 6.42 Å². The number of para-hydroxylation sites is 1. The summed E-state index contributed by atoms with van der Waals surface area (Å²) in [6, 6.07) is 31.2. The van der Waals surface area contributed by atoms with Crippen LogP contribution >= 0.6 is 11.3 Å². The Kier molecular flexibility index (Phi) is 3.55. The fourth-order valence-corrected chi connectivity index (χ4v) is 6.09. The fraction of sp³-hybridized carbons (Fsp3) is 0.0345. The van der Waals surface area contributed by atoms with E-state index in [4.69, 9.17) is 0 Å². The molecule has 0 fully saturated rings. The predicted molar refractivity (Wildman–Crippen MR) is 135 cm³/mol. The van der Waals surface area contributed by atoms with Crippen molar-refractivity contribution in [1.29, 1.82) is 0 Å². The lowest BCUT2D eigenvalue weighted by Crippen LogP contribution is -1.94. The number of nitrogens with zero attached hydrogens (tertiary/aromatic N) is 1.